The molecular weight excluding hydrogens is 204 g/mol. The van der Waals surface area contributed by atoms with Gasteiger partial charge in [-0.05, 0) is 18.2 Å². The molecule has 0 atom stereocenters. The fraction of sp³-hybridized carbons (Fsp3) is 0.143. The van der Waals surface area contributed by atoms with E-state index in [0.29, 0.717) is 11.0 Å². The average molecular weight is 212 g/mol. The molecule has 74 valence electrons. The molecule has 2 N–H and O–H groups in total. The highest BCUT2D eigenvalue weighted by molar-refractivity contribution is 7.89. The number of nitrogens with two attached hydrogens (primary N) is 1. The van der Waals surface area contributed by atoms with Crippen LogP contribution in [-0.2, 0) is 17.1 Å². The SMILES string of the molecule is Cn1nnc2ccc(S(N)(=O)=O)cc21. The highest BCUT2D eigenvalue weighted by Gasteiger charge is 2.10. The van der Waals surface area contributed by atoms with Gasteiger partial charge in [-0.15, -0.1) is 5.10 Å². The minimum atomic E-state index is -3.66. The zero-order valence-corrected chi connectivity index (χ0v) is 8.19. The smallest absolute Gasteiger partial charge is 0.238 e. The Morgan fingerprint density at radius 3 is 2.79 bits per heavy atom. The number of primary sulfonamides is 1. The van der Waals surface area contributed by atoms with Gasteiger partial charge in [-0.25, -0.2) is 18.2 Å². The number of aryl methyl sites for hydroxylation is 1. The van der Waals surface area contributed by atoms with E-state index < -0.39 is 10.0 Å². The van der Waals surface area contributed by atoms with Crippen molar-refractivity contribution < 1.29 is 8.42 Å². The van der Waals surface area contributed by atoms with Gasteiger partial charge in [0.1, 0.15) is 5.52 Å². The molecule has 0 bridgehead atoms. The van der Waals surface area contributed by atoms with Crippen LogP contribution in [0.5, 0.6) is 0 Å². The Morgan fingerprint density at radius 1 is 1.43 bits per heavy atom. The zero-order chi connectivity index (χ0) is 10.3. The van der Waals surface area contributed by atoms with Crippen molar-refractivity contribution in [3.05, 3.63) is 18.2 Å². The monoisotopic (exact) mass is 212 g/mol. The number of rotatable bonds is 1. The van der Waals surface area contributed by atoms with Crippen LogP contribution >= 0.6 is 0 Å². The molecule has 0 unspecified atom stereocenters. The number of hydrogen-bond acceptors (Lipinski definition) is 4. The molecule has 6 nitrogen and oxygen atoms in total. The summed E-state index contributed by atoms with van der Waals surface area (Å²) in [4.78, 5) is 0.0652. The van der Waals surface area contributed by atoms with E-state index in [9.17, 15) is 8.42 Å². The van der Waals surface area contributed by atoms with Crippen molar-refractivity contribution in [2.75, 3.05) is 0 Å². The van der Waals surface area contributed by atoms with E-state index in [2.05, 4.69) is 10.3 Å². The van der Waals surface area contributed by atoms with Crippen molar-refractivity contribution in [3.8, 4) is 0 Å². The lowest BCUT2D eigenvalue weighted by atomic mass is 10.3. The molecule has 0 fully saturated rings. The van der Waals surface area contributed by atoms with Crippen LogP contribution in [0, 0.1) is 0 Å². The second kappa shape index (κ2) is 2.76. The second-order valence-electron chi connectivity index (χ2n) is 2.91. The van der Waals surface area contributed by atoms with Crippen LogP contribution in [0.15, 0.2) is 23.1 Å². The molecule has 0 radical (unpaired) electrons. The summed E-state index contributed by atoms with van der Waals surface area (Å²) in [5.41, 5.74) is 1.27. The van der Waals surface area contributed by atoms with Crippen molar-refractivity contribution in [1.82, 2.24) is 15.0 Å². The molecule has 0 amide bonds. The summed E-state index contributed by atoms with van der Waals surface area (Å²) >= 11 is 0. The third-order valence-corrected chi connectivity index (χ3v) is 2.82. The third kappa shape index (κ3) is 1.36. The molecule has 14 heavy (non-hydrogen) atoms. The third-order valence-electron chi connectivity index (χ3n) is 1.91. The minimum Gasteiger partial charge on any atom is -0.248 e. The maximum Gasteiger partial charge on any atom is 0.238 e. The van der Waals surface area contributed by atoms with E-state index in [1.807, 2.05) is 0 Å². The van der Waals surface area contributed by atoms with Crippen molar-refractivity contribution in [2.24, 2.45) is 12.2 Å². The zero-order valence-electron chi connectivity index (χ0n) is 7.38. The molecule has 1 heterocycles. The predicted molar refractivity (Wildman–Crippen MR) is 49.9 cm³/mol. The number of benzene rings is 1. The Morgan fingerprint density at radius 2 is 2.14 bits per heavy atom. The van der Waals surface area contributed by atoms with Gasteiger partial charge < -0.3 is 0 Å². The van der Waals surface area contributed by atoms with Crippen LogP contribution in [0.4, 0.5) is 0 Å². The molecule has 2 rings (SSSR count). The number of nitrogens with zero attached hydrogens (tertiary/aromatic N) is 3. The Bertz CT molecular complexity index is 587. The van der Waals surface area contributed by atoms with Gasteiger partial charge in [0, 0.05) is 7.05 Å². The predicted octanol–water partition coefficient (Wildman–Crippen LogP) is -0.384. The topological polar surface area (TPSA) is 90.9 Å². The largest absolute Gasteiger partial charge is 0.248 e. The highest BCUT2D eigenvalue weighted by Crippen LogP contribution is 2.15. The summed E-state index contributed by atoms with van der Waals surface area (Å²) in [6, 6.07) is 4.43. The van der Waals surface area contributed by atoms with Crippen molar-refractivity contribution in [1.29, 1.82) is 0 Å². The van der Waals surface area contributed by atoms with E-state index >= 15 is 0 Å². The van der Waals surface area contributed by atoms with Crippen LogP contribution in [0.25, 0.3) is 11.0 Å². The first-order valence-corrected chi connectivity index (χ1v) is 5.35. The molecule has 1 aromatic heterocycles. The Hall–Kier alpha value is -1.47. The normalized spacial score (nSPS) is 12.1. The molecule has 0 aliphatic heterocycles. The van der Waals surface area contributed by atoms with Gasteiger partial charge in [-0.3, -0.25) is 0 Å². The lowest BCUT2D eigenvalue weighted by Crippen LogP contribution is -2.11. The molecule has 2 aromatic rings. The summed E-state index contributed by atoms with van der Waals surface area (Å²) < 4.78 is 23.6. The van der Waals surface area contributed by atoms with Crippen LogP contribution in [0.1, 0.15) is 0 Å². The maximum atomic E-state index is 11.0. The quantitative estimate of drug-likeness (QED) is 0.697. The van der Waals surface area contributed by atoms with Gasteiger partial charge in [-0.1, -0.05) is 5.21 Å². The van der Waals surface area contributed by atoms with Crippen molar-refractivity contribution >= 4 is 21.1 Å². The fourth-order valence-corrected chi connectivity index (χ4v) is 1.72. The van der Waals surface area contributed by atoms with Gasteiger partial charge in [0.2, 0.25) is 10.0 Å². The van der Waals surface area contributed by atoms with E-state index in [4.69, 9.17) is 5.14 Å². The fourth-order valence-electron chi connectivity index (χ4n) is 1.19. The van der Waals surface area contributed by atoms with Crippen LogP contribution in [-0.4, -0.2) is 23.4 Å². The van der Waals surface area contributed by atoms with Gasteiger partial charge >= 0.3 is 0 Å². The summed E-state index contributed by atoms with van der Waals surface area (Å²) in [6.45, 7) is 0. The molecular formula is C7H8N4O2S. The van der Waals surface area contributed by atoms with E-state index in [1.54, 1.807) is 13.1 Å². The lowest BCUT2D eigenvalue weighted by molar-refractivity contribution is 0.598. The molecule has 7 heteroatoms. The standard InChI is InChI=1S/C7H8N4O2S/c1-11-7-4-5(14(8,12)13)2-3-6(7)9-10-11/h2-4H,1H3,(H2,8,12,13). The van der Waals surface area contributed by atoms with Gasteiger partial charge in [0.05, 0.1) is 10.4 Å². The summed E-state index contributed by atoms with van der Waals surface area (Å²) in [5, 5.41) is 12.6. The Labute approximate surface area is 80.4 Å². The first kappa shape index (κ1) is 9.10. The van der Waals surface area contributed by atoms with Crippen LogP contribution < -0.4 is 5.14 Å². The Kier molecular flexibility index (Phi) is 1.79. The first-order chi connectivity index (χ1) is 6.48. The minimum absolute atomic E-state index is 0.0652. The van der Waals surface area contributed by atoms with Gasteiger partial charge in [0.15, 0.2) is 0 Å². The first-order valence-electron chi connectivity index (χ1n) is 3.81. The molecule has 0 spiro atoms. The number of aromatic nitrogens is 3. The number of sulfonamides is 1. The molecule has 0 aliphatic rings. The molecule has 0 saturated heterocycles. The highest BCUT2D eigenvalue weighted by atomic mass is 32.2. The maximum absolute atomic E-state index is 11.0. The Balaban J connectivity index is 2.79. The molecule has 0 saturated carbocycles. The summed E-state index contributed by atoms with van der Waals surface area (Å²) in [5.74, 6) is 0. The summed E-state index contributed by atoms with van der Waals surface area (Å²) in [7, 11) is -1.98. The van der Waals surface area contributed by atoms with E-state index in [1.165, 1.54) is 16.8 Å². The summed E-state index contributed by atoms with van der Waals surface area (Å²) in [6.07, 6.45) is 0. The lowest BCUT2D eigenvalue weighted by Gasteiger charge is -1.97. The van der Waals surface area contributed by atoms with Crippen LogP contribution in [0.2, 0.25) is 0 Å². The average Bonchev–Trinajstić information content (AvgIpc) is 2.46. The van der Waals surface area contributed by atoms with E-state index in [-0.39, 0.29) is 4.90 Å². The van der Waals surface area contributed by atoms with Gasteiger partial charge in [0.25, 0.3) is 0 Å². The van der Waals surface area contributed by atoms with Crippen molar-refractivity contribution in [3.63, 3.8) is 0 Å². The number of fused-ring (bicyclic) bond motifs is 1. The molecule has 0 aliphatic carbocycles. The number of hydrogen-bond donors (Lipinski definition) is 1. The van der Waals surface area contributed by atoms with Gasteiger partial charge in [-0.2, -0.15) is 0 Å². The second-order valence-corrected chi connectivity index (χ2v) is 4.47. The van der Waals surface area contributed by atoms with E-state index in [0.717, 1.165) is 0 Å². The van der Waals surface area contributed by atoms with Crippen molar-refractivity contribution in [2.45, 2.75) is 4.90 Å². The molecule has 1 aromatic carbocycles. The van der Waals surface area contributed by atoms with Crippen LogP contribution in [0.3, 0.4) is 0 Å².